The van der Waals surface area contributed by atoms with E-state index in [1.54, 1.807) is 0 Å². The molecule has 0 aromatic heterocycles. The number of amides is 1. The maximum atomic E-state index is 12.8. The van der Waals surface area contributed by atoms with E-state index in [1.165, 1.54) is 12.8 Å². The van der Waals surface area contributed by atoms with Crippen LogP contribution in [-0.2, 0) is 0 Å². The highest BCUT2D eigenvalue weighted by Crippen LogP contribution is 2.24. The summed E-state index contributed by atoms with van der Waals surface area (Å²) in [6.07, 6.45) is 3.48. The van der Waals surface area contributed by atoms with Crippen LogP contribution in [0, 0.1) is 0 Å². The highest BCUT2D eigenvalue weighted by molar-refractivity contribution is 5.94. The molecule has 4 rings (SSSR count). The highest BCUT2D eigenvalue weighted by atomic mass is 35.5. The fourth-order valence-electron chi connectivity index (χ4n) is 3.60. The van der Waals surface area contributed by atoms with E-state index >= 15 is 0 Å². The molecule has 132 valence electrons. The Morgan fingerprint density at radius 1 is 0.920 bits per heavy atom. The van der Waals surface area contributed by atoms with Gasteiger partial charge in [-0.1, -0.05) is 18.2 Å². The first-order valence-corrected chi connectivity index (χ1v) is 8.66. The second-order valence-corrected chi connectivity index (χ2v) is 6.62. The normalized spacial score (nSPS) is 22.0. The van der Waals surface area contributed by atoms with Gasteiger partial charge in [-0.2, -0.15) is 0 Å². The van der Waals surface area contributed by atoms with E-state index in [2.05, 4.69) is 5.32 Å². The van der Waals surface area contributed by atoms with Crippen molar-refractivity contribution in [2.24, 2.45) is 0 Å². The Hall–Kier alpha value is -2.04. The Labute approximate surface area is 154 Å². The Balaban J connectivity index is 0.00000182. The van der Waals surface area contributed by atoms with E-state index in [4.69, 9.17) is 4.74 Å². The molecule has 0 radical (unpaired) electrons. The molecule has 2 fully saturated rings. The number of rotatable bonds is 3. The first-order valence-electron chi connectivity index (χ1n) is 8.66. The zero-order valence-corrected chi connectivity index (χ0v) is 14.9. The van der Waals surface area contributed by atoms with Crippen LogP contribution in [0.4, 0.5) is 0 Å². The van der Waals surface area contributed by atoms with Crippen molar-refractivity contribution in [1.82, 2.24) is 10.2 Å². The third kappa shape index (κ3) is 4.14. The zero-order valence-electron chi connectivity index (χ0n) is 14.1. The molecule has 2 aliphatic rings. The van der Waals surface area contributed by atoms with Crippen molar-refractivity contribution in [2.45, 2.75) is 31.3 Å². The lowest BCUT2D eigenvalue weighted by molar-refractivity contribution is 0.0748. The second kappa shape index (κ2) is 7.89. The molecule has 2 heterocycles. The second-order valence-electron chi connectivity index (χ2n) is 6.62. The summed E-state index contributed by atoms with van der Waals surface area (Å²) in [5, 5.41) is 3.61. The summed E-state index contributed by atoms with van der Waals surface area (Å²) in [7, 11) is 0. The smallest absolute Gasteiger partial charge is 0.253 e. The lowest BCUT2D eigenvalue weighted by Crippen LogP contribution is -2.39. The molecule has 2 aromatic rings. The summed E-state index contributed by atoms with van der Waals surface area (Å²) in [5.74, 6) is 1.66. The Morgan fingerprint density at radius 2 is 1.60 bits per heavy atom. The van der Waals surface area contributed by atoms with Crippen LogP contribution in [0.15, 0.2) is 54.6 Å². The summed E-state index contributed by atoms with van der Waals surface area (Å²) in [5.41, 5.74) is 0.730. The molecule has 4 nitrogen and oxygen atoms in total. The van der Waals surface area contributed by atoms with Gasteiger partial charge in [-0.05, 0) is 55.7 Å². The van der Waals surface area contributed by atoms with Gasteiger partial charge in [0.25, 0.3) is 5.91 Å². The van der Waals surface area contributed by atoms with E-state index in [0.29, 0.717) is 12.1 Å². The summed E-state index contributed by atoms with van der Waals surface area (Å²) in [4.78, 5) is 14.7. The molecule has 2 saturated heterocycles. The molecule has 2 bridgehead atoms. The van der Waals surface area contributed by atoms with Gasteiger partial charge in [0, 0.05) is 30.7 Å². The molecular weight excluding hydrogens is 336 g/mol. The van der Waals surface area contributed by atoms with E-state index in [-0.39, 0.29) is 18.3 Å². The maximum Gasteiger partial charge on any atom is 0.253 e. The third-order valence-electron chi connectivity index (χ3n) is 4.89. The first-order chi connectivity index (χ1) is 11.8. The highest BCUT2D eigenvalue weighted by Gasteiger charge is 2.31. The molecule has 0 saturated carbocycles. The van der Waals surface area contributed by atoms with Gasteiger partial charge in [-0.25, -0.2) is 0 Å². The van der Waals surface area contributed by atoms with Crippen LogP contribution in [0.3, 0.4) is 0 Å². The topological polar surface area (TPSA) is 41.6 Å². The predicted octanol–water partition coefficient (Wildman–Crippen LogP) is 3.87. The van der Waals surface area contributed by atoms with Gasteiger partial charge in [0.05, 0.1) is 0 Å². The van der Waals surface area contributed by atoms with Crippen molar-refractivity contribution < 1.29 is 9.53 Å². The Kier molecular flexibility index (Phi) is 5.61. The molecule has 1 amide bonds. The van der Waals surface area contributed by atoms with Gasteiger partial charge in [-0.3, -0.25) is 4.79 Å². The standard InChI is InChI=1S/C20H22N2O2.ClH/c23-20(22-13-12-16-8-9-17(14-22)21-16)15-6-10-19(11-7-15)24-18-4-2-1-3-5-18;/h1-7,10-11,16-17,21H,8-9,12-14H2;1H. The van der Waals surface area contributed by atoms with Crippen LogP contribution >= 0.6 is 12.4 Å². The lowest BCUT2D eigenvalue weighted by Gasteiger charge is -2.24. The molecule has 1 N–H and O–H groups in total. The number of halogens is 1. The minimum absolute atomic E-state index is 0. The largest absolute Gasteiger partial charge is 0.457 e. The number of hydrogen-bond donors (Lipinski definition) is 1. The van der Waals surface area contributed by atoms with Gasteiger partial charge < -0.3 is 15.0 Å². The fraction of sp³-hybridized carbons (Fsp3) is 0.350. The summed E-state index contributed by atoms with van der Waals surface area (Å²) < 4.78 is 5.78. The van der Waals surface area contributed by atoms with Crippen molar-refractivity contribution >= 4 is 18.3 Å². The number of nitrogens with one attached hydrogen (secondary N) is 1. The number of para-hydroxylation sites is 1. The average molecular weight is 359 g/mol. The summed E-state index contributed by atoms with van der Waals surface area (Å²) >= 11 is 0. The SMILES string of the molecule is Cl.O=C(c1ccc(Oc2ccccc2)cc1)N1CCC2CCC(C1)N2. The number of ether oxygens (including phenoxy) is 1. The average Bonchev–Trinajstić information content (AvgIpc) is 2.95. The van der Waals surface area contributed by atoms with Crippen LogP contribution in [0.25, 0.3) is 0 Å². The molecule has 2 unspecified atom stereocenters. The van der Waals surface area contributed by atoms with E-state index < -0.39 is 0 Å². The third-order valence-corrected chi connectivity index (χ3v) is 4.89. The Bertz CT molecular complexity index is 705. The molecule has 2 aromatic carbocycles. The number of carbonyl (C=O) groups excluding carboxylic acids is 1. The lowest BCUT2D eigenvalue weighted by atomic mass is 10.1. The van der Waals surface area contributed by atoms with E-state index in [9.17, 15) is 4.79 Å². The van der Waals surface area contributed by atoms with Crippen LogP contribution in [-0.4, -0.2) is 36.0 Å². The molecule has 0 spiro atoms. The van der Waals surface area contributed by atoms with Crippen LogP contribution in [0.1, 0.15) is 29.6 Å². The minimum Gasteiger partial charge on any atom is -0.457 e. The van der Waals surface area contributed by atoms with Gasteiger partial charge in [0.2, 0.25) is 0 Å². The van der Waals surface area contributed by atoms with E-state index in [1.807, 2.05) is 59.5 Å². The molecule has 25 heavy (non-hydrogen) atoms. The monoisotopic (exact) mass is 358 g/mol. The van der Waals surface area contributed by atoms with E-state index in [0.717, 1.165) is 36.6 Å². The van der Waals surface area contributed by atoms with Gasteiger partial charge in [-0.15, -0.1) is 12.4 Å². The van der Waals surface area contributed by atoms with Gasteiger partial charge >= 0.3 is 0 Å². The number of hydrogen-bond acceptors (Lipinski definition) is 3. The Morgan fingerprint density at radius 3 is 2.36 bits per heavy atom. The van der Waals surface area contributed by atoms with Crippen LogP contribution in [0.5, 0.6) is 11.5 Å². The number of likely N-dealkylation sites (tertiary alicyclic amines) is 1. The molecule has 5 heteroatoms. The van der Waals surface area contributed by atoms with Gasteiger partial charge in [0.15, 0.2) is 0 Å². The van der Waals surface area contributed by atoms with Crippen molar-refractivity contribution in [2.75, 3.05) is 13.1 Å². The zero-order chi connectivity index (χ0) is 16.4. The van der Waals surface area contributed by atoms with Crippen LogP contribution < -0.4 is 10.1 Å². The number of nitrogens with zero attached hydrogens (tertiary/aromatic N) is 1. The quantitative estimate of drug-likeness (QED) is 0.905. The van der Waals surface area contributed by atoms with Crippen molar-refractivity contribution in [1.29, 1.82) is 0 Å². The maximum absolute atomic E-state index is 12.8. The first kappa shape index (κ1) is 17.8. The predicted molar refractivity (Wildman–Crippen MR) is 101 cm³/mol. The fourth-order valence-corrected chi connectivity index (χ4v) is 3.60. The minimum atomic E-state index is 0. The summed E-state index contributed by atoms with van der Waals surface area (Å²) in [6.45, 7) is 1.66. The van der Waals surface area contributed by atoms with Crippen molar-refractivity contribution in [3.63, 3.8) is 0 Å². The number of carbonyl (C=O) groups is 1. The summed E-state index contributed by atoms with van der Waals surface area (Å²) in [6, 6.07) is 18.2. The van der Waals surface area contributed by atoms with Gasteiger partial charge in [0.1, 0.15) is 11.5 Å². The number of benzene rings is 2. The van der Waals surface area contributed by atoms with Crippen molar-refractivity contribution in [3.05, 3.63) is 60.2 Å². The van der Waals surface area contributed by atoms with Crippen molar-refractivity contribution in [3.8, 4) is 11.5 Å². The molecular formula is C20H23ClN2O2. The van der Waals surface area contributed by atoms with Crippen LogP contribution in [0.2, 0.25) is 0 Å². The molecule has 2 atom stereocenters. The number of fused-ring (bicyclic) bond motifs is 2. The molecule has 0 aliphatic carbocycles. The molecule has 2 aliphatic heterocycles.